The molecule has 0 fully saturated rings. The molecule has 0 spiro atoms. The van der Waals surface area contributed by atoms with Crippen LogP contribution < -0.4 is 0 Å². The summed E-state index contributed by atoms with van der Waals surface area (Å²) in [7, 11) is 5.51. The van der Waals surface area contributed by atoms with Crippen molar-refractivity contribution in [3.05, 3.63) is 0 Å². The van der Waals surface area contributed by atoms with Crippen molar-refractivity contribution in [2.24, 2.45) is 5.92 Å². The molecule has 1 nitrogen and oxygen atoms in total. The maximum absolute atomic E-state index is 5.51. The molecule has 46 valence electrons. The van der Waals surface area contributed by atoms with E-state index in [0.717, 1.165) is 13.1 Å². The molecule has 0 saturated carbocycles. The molecule has 2 radical (unpaired) electrons. The third kappa shape index (κ3) is 4.19. The molecule has 0 rings (SSSR count). The Bertz CT molecular complexity index is 54.5. The van der Waals surface area contributed by atoms with Gasteiger partial charge in [0, 0.05) is 0 Å². The van der Waals surface area contributed by atoms with Gasteiger partial charge in [-0.15, -0.1) is 0 Å². The fraction of sp³-hybridized carbons (Fsp3) is 1.00. The number of nitrogens with zero attached hydrogens (tertiary/aromatic N) is 1. The van der Waals surface area contributed by atoms with Crippen molar-refractivity contribution in [3.8, 4) is 0 Å². The van der Waals surface area contributed by atoms with Gasteiger partial charge in [-0.1, -0.05) is 20.8 Å². The van der Waals surface area contributed by atoms with Crippen LogP contribution in [-0.4, -0.2) is 25.9 Å². The summed E-state index contributed by atoms with van der Waals surface area (Å²) in [5, 5.41) is 0. The molecule has 0 N–H and O–H groups in total. The standard InChI is InChI=1S/C6H14BN/c1-4-8(7)5-6(2)3/h6H,4-5H2,1-3H3. The van der Waals surface area contributed by atoms with E-state index in [-0.39, 0.29) is 0 Å². The number of rotatable bonds is 3. The van der Waals surface area contributed by atoms with Gasteiger partial charge in [0.15, 0.2) is 7.98 Å². The molecule has 0 bridgehead atoms. The van der Waals surface area contributed by atoms with E-state index in [1.807, 2.05) is 4.81 Å². The van der Waals surface area contributed by atoms with Gasteiger partial charge in [-0.05, 0) is 19.0 Å². The Morgan fingerprint density at radius 2 is 2.00 bits per heavy atom. The van der Waals surface area contributed by atoms with Crippen LogP contribution in [0.5, 0.6) is 0 Å². The maximum Gasteiger partial charge on any atom is 0.182 e. The van der Waals surface area contributed by atoms with Crippen LogP contribution in [0.25, 0.3) is 0 Å². The van der Waals surface area contributed by atoms with Gasteiger partial charge >= 0.3 is 0 Å². The zero-order valence-electron chi connectivity index (χ0n) is 6.02. The molecule has 0 amide bonds. The lowest BCUT2D eigenvalue weighted by Crippen LogP contribution is -2.24. The molecule has 8 heavy (non-hydrogen) atoms. The Morgan fingerprint density at radius 1 is 1.50 bits per heavy atom. The molecule has 0 aromatic rings. The molecule has 0 aliphatic carbocycles. The summed E-state index contributed by atoms with van der Waals surface area (Å²) in [5.41, 5.74) is 0. The first-order valence-electron chi connectivity index (χ1n) is 3.16. The summed E-state index contributed by atoms with van der Waals surface area (Å²) in [6.07, 6.45) is 0. The molecule has 0 unspecified atom stereocenters. The second kappa shape index (κ2) is 3.96. The van der Waals surface area contributed by atoms with Gasteiger partial charge in [-0.25, -0.2) is 0 Å². The average molecular weight is 111 g/mol. The molecular formula is C6H14BN. The average Bonchev–Trinajstić information content (AvgIpc) is 1.65. The Hall–Kier alpha value is 0.0249. The normalized spacial score (nSPS) is 11.1. The van der Waals surface area contributed by atoms with Gasteiger partial charge in [0.05, 0.1) is 0 Å². The predicted octanol–water partition coefficient (Wildman–Crippen LogP) is 1.05. The summed E-state index contributed by atoms with van der Waals surface area (Å²) in [5.74, 6) is 0.681. The van der Waals surface area contributed by atoms with Crippen LogP contribution in [-0.2, 0) is 0 Å². The van der Waals surface area contributed by atoms with Gasteiger partial charge in [-0.2, -0.15) is 0 Å². The highest BCUT2D eigenvalue weighted by Crippen LogP contribution is 1.92. The van der Waals surface area contributed by atoms with Crippen molar-refractivity contribution in [2.75, 3.05) is 13.1 Å². The summed E-state index contributed by atoms with van der Waals surface area (Å²) >= 11 is 0. The molecule has 0 heterocycles. The van der Waals surface area contributed by atoms with E-state index in [9.17, 15) is 0 Å². The van der Waals surface area contributed by atoms with E-state index in [2.05, 4.69) is 20.8 Å². The highest BCUT2D eigenvalue weighted by atomic mass is 15.0. The van der Waals surface area contributed by atoms with E-state index >= 15 is 0 Å². The quantitative estimate of drug-likeness (QED) is 0.492. The van der Waals surface area contributed by atoms with E-state index in [1.165, 1.54) is 0 Å². The second-order valence-corrected chi connectivity index (χ2v) is 2.48. The van der Waals surface area contributed by atoms with Gasteiger partial charge in [0.25, 0.3) is 0 Å². The Labute approximate surface area is 53.5 Å². The smallest absolute Gasteiger partial charge is 0.182 e. The summed E-state index contributed by atoms with van der Waals surface area (Å²) in [6.45, 7) is 8.32. The Morgan fingerprint density at radius 3 is 2.12 bits per heavy atom. The molecular weight excluding hydrogens is 96.9 g/mol. The Kier molecular flexibility index (Phi) is 3.97. The van der Waals surface area contributed by atoms with E-state index < -0.39 is 0 Å². The maximum atomic E-state index is 5.51. The fourth-order valence-electron chi connectivity index (χ4n) is 0.598. The van der Waals surface area contributed by atoms with Crippen molar-refractivity contribution in [1.82, 2.24) is 4.81 Å². The summed E-state index contributed by atoms with van der Waals surface area (Å²) in [4.78, 5) is 1.82. The van der Waals surface area contributed by atoms with E-state index in [0.29, 0.717) is 5.92 Å². The van der Waals surface area contributed by atoms with Crippen LogP contribution in [0.3, 0.4) is 0 Å². The lowest BCUT2D eigenvalue weighted by Gasteiger charge is -2.16. The van der Waals surface area contributed by atoms with Crippen molar-refractivity contribution in [1.29, 1.82) is 0 Å². The highest BCUT2D eigenvalue weighted by molar-refractivity contribution is 6.04. The first kappa shape index (κ1) is 8.02. The first-order valence-corrected chi connectivity index (χ1v) is 3.16. The van der Waals surface area contributed by atoms with Crippen LogP contribution in [0.15, 0.2) is 0 Å². The second-order valence-electron chi connectivity index (χ2n) is 2.48. The molecule has 0 aliphatic rings. The van der Waals surface area contributed by atoms with Crippen molar-refractivity contribution in [3.63, 3.8) is 0 Å². The fourth-order valence-corrected chi connectivity index (χ4v) is 0.598. The lowest BCUT2D eigenvalue weighted by atomic mass is 10.1. The Balaban J connectivity index is 3.10. The molecule has 0 aromatic carbocycles. The molecule has 0 atom stereocenters. The monoisotopic (exact) mass is 111 g/mol. The third-order valence-corrected chi connectivity index (χ3v) is 1.01. The largest absolute Gasteiger partial charge is 0.353 e. The minimum atomic E-state index is 0.681. The number of hydrogen-bond acceptors (Lipinski definition) is 1. The zero-order chi connectivity index (χ0) is 6.57. The van der Waals surface area contributed by atoms with Crippen LogP contribution >= 0.6 is 0 Å². The van der Waals surface area contributed by atoms with Crippen LogP contribution in [0, 0.1) is 5.92 Å². The van der Waals surface area contributed by atoms with Crippen molar-refractivity contribution in [2.45, 2.75) is 20.8 Å². The molecule has 0 saturated heterocycles. The minimum Gasteiger partial charge on any atom is -0.353 e. The molecule has 2 heteroatoms. The predicted molar refractivity (Wildman–Crippen MR) is 37.8 cm³/mol. The van der Waals surface area contributed by atoms with Crippen molar-refractivity contribution >= 4 is 7.98 Å². The molecule has 0 aliphatic heterocycles. The topological polar surface area (TPSA) is 3.24 Å². The summed E-state index contributed by atoms with van der Waals surface area (Å²) in [6, 6.07) is 0. The van der Waals surface area contributed by atoms with Crippen LogP contribution in [0.1, 0.15) is 20.8 Å². The van der Waals surface area contributed by atoms with Gasteiger partial charge < -0.3 is 4.81 Å². The van der Waals surface area contributed by atoms with E-state index in [1.54, 1.807) is 0 Å². The minimum absolute atomic E-state index is 0.681. The number of hydrogen-bond donors (Lipinski definition) is 0. The van der Waals surface area contributed by atoms with Gasteiger partial charge in [0.1, 0.15) is 0 Å². The van der Waals surface area contributed by atoms with E-state index in [4.69, 9.17) is 7.98 Å². The third-order valence-electron chi connectivity index (χ3n) is 1.01. The van der Waals surface area contributed by atoms with Crippen molar-refractivity contribution < 1.29 is 0 Å². The van der Waals surface area contributed by atoms with Crippen LogP contribution in [0.2, 0.25) is 0 Å². The summed E-state index contributed by atoms with van der Waals surface area (Å²) < 4.78 is 0. The van der Waals surface area contributed by atoms with Gasteiger partial charge in [-0.3, -0.25) is 0 Å². The van der Waals surface area contributed by atoms with Crippen LogP contribution in [0.4, 0.5) is 0 Å². The SMILES string of the molecule is [B]N(CC)CC(C)C. The molecule has 0 aromatic heterocycles. The van der Waals surface area contributed by atoms with Gasteiger partial charge in [0.2, 0.25) is 0 Å². The first-order chi connectivity index (χ1) is 3.66. The highest BCUT2D eigenvalue weighted by Gasteiger charge is 1.95. The lowest BCUT2D eigenvalue weighted by molar-refractivity contribution is 0.409. The zero-order valence-corrected chi connectivity index (χ0v) is 6.02.